The molecule has 2 aliphatic rings. The lowest BCUT2D eigenvalue weighted by Crippen LogP contribution is -3.15. The third-order valence-electron chi connectivity index (χ3n) is 6.66. The van der Waals surface area contributed by atoms with Gasteiger partial charge in [-0.2, -0.15) is 4.31 Å². The first-order valence-corrected chi connectivity index (χ1v) is 12.5. The van der Waals surface area contributed by atoms with Gasteiger partial charge < -0.3 is 10.2 Å². The molecule has 0 radical (unpaired) electrons. The second kappa shape index (κ2) is 9.04. The average molecular weight is 431 g/mol. The van der Waals surface area contributed by atoms with Crippen LogP contribution in [-0.4, -0.2) is 57.4 Å². The highest BCUT2D eigenvalue weighted by molar-refractivity contribution is 7.89. The number of carbonyl (C=O) groups excluding carboxylic acids is 1. The lowest BCUT2D eigenvalue weighted by molar-refractivity contribution is -0.895. The second-order valence-electron chi connectivity index (χ2n) is 8.78. The molecule has 0 spiro atoms. The Balaban J connectivity index is 1.33. The predicted molar refractivity (Wildman–Crippen MR) is 118 cm³/mol. The Kier molecular flexibility index (Phi) is 6.41. The predicted octanol–water partition coefficient (Wildman–Crippen LogP) is 1.42. The molecule has 1 heterocycles. The molecule has 1 aliphatic carbocycles. The third kappa shape index (κ3) is 4.68. The largest absolute Gasteiger partial charge is 0.348 e. The molecule has 0 bridgehead atoms. The Morgan fingerprint density at radius 1 is 1.07 bits per heavy atom. The highest BCUT2D eigenvalue weighted by Gasteiger charge is 2.32. The fraction of sp³-hybridized carbons (Fsp3) is 0.522. The van der Waals surface area contributed by atoms with Crippen molar-refractivity contribution in [2.45, 2.75) is 43.5 Å². The number of carbonyl (C=O) groups is 1. The van der Waals surface area contributed by atoms with Crippen molar-refractivity contribution in [1.29, 1.82) is 0 Å². The van der Waals surface area contributed by atoms with E-state index in [1.165, 1.54) is 19.3 Å². The number of fused-ring (bicyclic) bond motifs is 1. The van der Waals surface area contributed by atoms with Crippen molar-refractivity contribution in [1.82, 2.24) is 9.62 Å². The molecule has 1 saturated carbocycles. The maximum absolute atomic E-state index is 13.1. The maximum Gasteiger partial charge on any atom is 0.275 e. The minimum absolute atomic E-state index is 0.0922. The van der Waals surface area contributed by atoms with Crippen molar-refractivity contribution in [2.75, 3.05) is 32.7 Å². The van der Waals surface area contributed by atoms with Gasteiger partial charge in [0.05, 0.1) is 31.1 Å². The summed E-state index contributed by atoms with van der Waals surface area (Å²) in [6, 6.07) is 13.4. The van der Waals surface area contributed by atoms with Crippen LogP contribution in [0.25, 0.3) is 10.8 Å². The standard InChI is InChI=1S/C23H31N3O3S/c1-18-6-2-5-9-22(18)24-23(27)17-25-12-14-26(15-13-25)30(28,29)21-11-10-19-7-3-4-8-20(19)16-21/h3-4,7-8,10-11,16,18,22H,2,5-6,9,12-15,17H2,1H3,(H,24,27)/p+1/t18-,22-/m1/s1. The smallest absolute Gasteiger partial charge is 0.275 e. The van der Waals surface area contributed by atoms with E-state index in [0.29, 0.717) is 49.6 Å². The molecule has 2 N–H and O–H groups in total. The van der Waals surface area contributed by atoms with Gasteiger partial charge in [-0.15, -0.1) is 0 Å². The number of hydrogen-bond donors (Lipinski definition) is 2. The van der Waals surface area contributed by atoms with Crippen LogP contribution in [0.2, 0.25) is 0 Å². The highest BCUT2D eigenvalue weighted by atomic mass is 32.2. The Labute approximate surface area is 179 Å². The summed E-state index contributed by atoms with van der Waals surface area (Å²) < 4.78 is 27.7. The van der Waals surface area contributed by atoms with Crippen molar-refractivity contribution in [2.24, 2.45) is 5.92 Å². The Hall–Kier alpha value is -1.96. The number of nitrogens with one attached hydrogen (secondary N) is 2. The zero-order valence-corrected chi connectivity index (χ0v) is 18.5. The molecule has 0 unspecified atom stereocenters. The molecular weight excluding hydrogens is 398 g/mol. The van der Waals surface area contributed by atoms with Crippen LogP contribution in [0, 0.1) is 5.92 Å². The van der Waals surface area contributed by atoms with Gasteiger partial charge in [0, 0.05) is 6.04 Å². The van der Waals surface area contributed by atoms with Gasteiger partial charge in [-0.1, -0.05) is 50.1 Å². The first-order valence-electron chi connectivity index (χ1n) is 11.1. The van der Waals surface area contributed by atoms with Crippen LogP contribution < -0.4 is 10.2 Å². The summed E-state index contributed by atoms with van der Waals surface area (Å²) in [6.07, 6.45) is 4.70. The molecule has 2 aromatic rings. The van der Waals surface area contributed by atoms with E-state index < -0.39 is 10.0 Å². The molecule has 1 amide bonds. The summed E-state index contributed by atoms with van der Waals surface area (Å²) in [5.41, 5.74) is 0. The molecule has 6 nitrogen and oxygen atoms in total. The molecule has 0 aromatic heterocycles. The average Bonchev–Trinajstić information content (AvgIpc) is 2.75. The Morgan fingerprint density at radius 3 is 2.50 bits per heavy atom. The van der Waals surface area contributed by atoms with E-state index in [0.717, 1.165) is 22.1 Å². The molecule has 30 heavy (non-hydrogen) atoms. The van der Waals surface area contributed by atoms with E-state index in [4.69, 9.17) is 0 Å². The fourth-order valence-electron chi connectivity index (χ4n) is 4.71. The van der Waals surface area contributed by atoms with Gasteiger partial charge in [0.2, 0.25) is 10.0 Å². The topological polar surface area (TPSA) is 70.9 Å². The number of nitrogens with zero attached hydrogens (tertiary/aromatic N) is 1. The van der Waals surface area contributed by atoms with E-state index >= 15 is 0 Å². The zero-order chi connectivity index (χ0) is 21.1. The number of quaternary nitrogens is 1. The SMILES string of the molecule is C[C@@H]1CCCC[C@H]1NC(=O)C[NH+]1CCN(S(=O)(=O)c2ccc3ccccc3c2)CC1. The first-order chi connectivity index (χ1) is 14.4. The molecule has 2 aromatic carbocycles. The van der Waals surface area contributed by atoms with Crippen LogP contribution in [0.1, 0.15) is 32.6 Å². The van der Waals surface area contributed by atoms with Crippen LogP contribution in [0.3, 0.4) is 0 Å². The van der Waals surface area contributed by atoms with Crippen molar-refractivity contribution in [3.05, 3.63) is 42.5 Å². The number of sulfonamides is 1. The molecule has 1 aliphatic heterocycles. The van der Waals surface area contributed by atoms with Gasteiger partial charge in [0.15, 0.2) is 6.54 Å². The lowest BCUT2D eigenvalue weighted by Gasteiger charge is -2.33. The van der Waals surface area contributed by atoms with Gasteiger partial charge >= 0.3 is 0 Å². The number of hydrogen-bond acceptors (Lipinski definition) is 3. The van der Waals surface area contributed by atoms with E-state index in [-0.39, 0.29) is 5.91 Å². The van der Waals surface area contributed by atoms with Gasteiger partial charge in [-0.05, 0) is 41.7 Å². The van der Waals surface area contributed by atoms with Crippen LogP contribution in [0.4, 0.5) is 0 Å². The lowest BCUT2D eigenvalue weighted by atomic mass is 9.86. The van der Waals surface area contributed by atoms with Crippen LogP contribution in [-0.2, 0) is 14.8 Å². The summed E-state index contributed by atoms with van der Waals surface area (Å²) in [4.78, 5) is 14.0. The van der Waals surface area contributed by atoms with Crippen LogP contribution >= 0.6 is 0 Å². The maximum atomic E-state index is 13.1. The molecule has 4 rings (SSSR count). The summed E-state index contributed by atoms with van der Waals surface area (Å²) in [5, 5.41) is 5.17. The van der Waals surface area contributed by atoms with Crippen LogP contribution in [0.15, 0.2) is 47.4 Å². The molecule has 162 valence electrons. The highest BCUT2D eigenvalue weighted by Crippen LogP contribution is 2.24. The number of rotatable bonds is 5. The van der Waals surface area contributed by atoms with Crippen molar-refractivity contribution >= 4 is 26.7 Å². The summed E-state index contributed by atoms with van der Waals surface area (Å²) in [6.45, 7) is 4.83. The Bertz CT molecular complexity index is 1000. The molecule has 1 saturated heterocycles. The van der Waals surface area contributed by atoms with Crippen LogP contribution in [0.5, 0.6) is 0 Å². The number of piperazine rings is 1. The quantitative estimate of drug-likeness (QED) is 0.754. The summed E-state index contributed by atoms with van der Waals surface area (Å²) in [5.74, 6) is 0.635. The molecule has 7 heteroatoms. The molecule has 2 fully saturated rings. The normalized spacial score (nSPS) is 24.0. The van der Waals surface area contributed by atoms with Gasteiger partial charge in [0.1, 0.15) is 0 Å². The van der Waals surface area contributed by atoms with E-state index in [9.17, 15) is 13.2 Å². The number of amides is 1. The second-order valence-corrected chi connectivity index (χ2v) is 10.7. The minimum Gasteiger partial charge on any atom is -0.348 e. The van der Waals surface area contributed by atoms with Gasteiger partial charge in [-0.25, -0.2) is 8.42 Å². The monoisotopic (exact) mass is 430 g/mol. The third-order valence-corrected chi connectivity index (χ3v) is 8.55. The van der Waals surface area contributed by atoms with Crippen molar-refractivity contribution in [3.63, 3.8) is 0 Å². The van der Waals surface area contributed by atoms with Crippen molar-refractivity contribution < 1.29 is 18.1 Å². The van der Waals surface area contributed by atoms with Gasteiger partial charge in [0.25, 0.3) is 5.91 Å². The Morgan fingerprint density at radius 2 is 1.77 bits per heavy atom. The van der Waals surface area contributed by atoms with Gasteiger partial charge in [-0.3, -0.25) is 4.79 Å². The zero-order valence-electron chi connectivity index (χ0n) is 17.6. The number of benzene rings is 2. The van der Waals surface area contributed by atoms with E-state index in [1.807, 2.05) is 30.3 Å². The summed E-state index contributed by atoms with van der Waals surface area (Å²) in [7, 11) is -3.52. The fourth-order valence-corrected chi connectivity index (χ4v) is 6.19. The molecular formula is C23H32N3O3S+. The molecule has 2 atom stereocenters. The van der Waals surface area contributed by atoms with E-state index in [2.05, 4.69) is 12.2 Å². The van der Waals surface area contributed by atoms with E-state index in [1.54, 1.807) is 16.4 Å². The first kappa shape index (κ1) is 21.3. The van der Waals surface area contributed by atoms with Crippen molar-refractivity contribution in [3.8, 4) is 0 Å². The minimum atomic E-state index is -3.52. The summed E-state index contributed by atoms with van der Waals surface area (Å²) >= 11 is 0.